The summed E-state index contributed by atoms with van der Waals surface area (Å²) >= 11 is 0. The Morgan fingerprint density at radius 2 is 1.80 bits per heavy atom. The third kappa shape index (κ3) is 1.92. The summed E-state index contributed by atoms with van der Waals surface area (Å²) in [6, 6.07) is 10.1. The van der Waals surface area contributed by atoms with Gasteiger partial charge in [0.2, 0.25) is 0 Å². The topological polar surface area (TPSA) is 31.4 Å². The van der Waals surface area contributed by atoms with E-state index in [4.69, 9.17) is 8.85 Å². The van der Waals surface area contributed by atoms with Gasteiger partial charge in [-0.05, 0) is 11.5 Å². The minimum atomic E-state index is -1.81. The van der Waals surface area contributed by atoms with E-state index in [-0.39, 0.29) is 0 Å². The number of benzene rings is 1. The van der Waals surface area contributed by atoms with E-state index in [0.717, 1.165) is 10.7 Å². The molecule has 2 rings (SSSR count). The molecule has 3 nitrogen and oxygen atoms in total. The monoisotopic (exact) mass is 219 g/mol. The van der Waals surface area contributed by atoms with Crippen molar-refractivity contribution in [1.82, 2.24) is 4.98 Å². The van der Waals surface area contributed by atoms with Crippen LogP contribution in [0.5, 0.6) is 0 Å². The Morgan fingerprint density at radius 3 is 2.53 bits per heavy atom. The minimum absolute atomic E-state index is 0.957. The van der Waals surface area contributed by atoms with E-state index in [1.165, 1.54) is 5.39 Å². The van der Waals surface area contributed by atoms with Gasteiger partial charge in [0, 0.05) is 25.8 Å². The van der Waals surface area contributed by atoms with Crippen LogP contribution in [0.2, 0.25) is 0 Å². The zero-order chi connectivity index (χ0) is 10.7. The maximum absolute atomic E-state index is 5.35. The van der Waals surface area contributed by atoms with Crippen LogP contribution in [0.3, 0.4) is 0 Å². The molecule has 0 N–H and O–H groups in total. The largest absolute Gasteiger partial charge is 0.396 e. The summed E-state index contributed by atoms with van der Waals surface area (Å²) in [6.45, 7) is 0. The van der Waals surface area contributed by atoms with Crippen LogP contribution in [-0.2, 0) is 8.85 Å². The van der Waals surface area contributed by atoms with Gasteiger partial charge in [-0.15, -0.1) is 0 Å². The second kappa shape index (κ2) is 4.52. The fourth-order valence-electron chi connectivity index (χ4n) is 1.65. The first kappa shape index (κ1) is 10.3. The lowest BCUT2D eigenvalue weighted by molar-refractivity contribution is 0.291. The van der Waals surface area contributed by atoms with Gasteiger partial charge in [-0.25, -0.2) is 0 Å². The summed E-state index contributed by atoms with van der Waals surface area (Å²) in [4.78, 5) is 4.36. The molecule has 1 aromatic heterocycles. The number of nitrogens with zero attached hydrogens (tertiary/aromatic N) is 1. The van der Waals surface area contributed by atoms with Crippen molar-refractivity contribution in [3.05, 3.63) is 36.5 Å². The van der Waals surface area contributed by atoms with Gasteiger partial charge in [-0.3, -0.25) is 4.98 Å². The SMILES string of the molecule is CO[SiH](OC)c1nccc2ccccc12. The molecule has 0 unspecified atom stereocenters. The normalized spacial score (nSPS) is 11.1. The molecule has 15 heavy (non-hydrogen) atoms. The predicted octanol–water partition coefficient (Wildman–Crippen LogP) is 0.955. The van der Waals surface area contributed by atoms with E-state index < -0.39 is 9.28 Å². The molecule has 0 atom stereocenters. The van der Waals surface area contributed by atoms with Crippen molar-refractivity contribution >= 4 is 25.4 Å². The molecule has 1 aromatic carbocycles. The molecule has 0 radical (unpaired) electrons. The van der Waals surface area contributed by atoms with E-state index in [0.29, 0.717) is 0 Å². The Bertz CT molecular complexity index is 452. The Hall–Kier alpha value is -1.23. The van der Waals surface area contributed by atoms with Crippen molar-refractivity contribution < 1.29 is 8.85 Å². The minimum Gasteiger partial charge on any atom is -0.396 e. The van der Waals surface area contributed by atoms with Crippen molar-refractivity contribution in [3.8, 4) is 0 Å². The standard InChI is InChI=1S/C11H13NO2Si/c1-13-15(14-2)11-10-6-4-3-5-9(10)7-8-12-11/h3-8,15H,1-2H3. The summed E-state index contributed by atoms with van der Waals surface area (Å²) in [5, 5.41) is 3.26. The van der Waals surface area contributed by atoms with E-state index in [1.54, 1.807) is 20.4 Å². The highest BCUT2D eigenvalue weighted by atomic mass is 28.3. The van der Waals surface area contributed by atoms with Crippen LogP contribution in [0, 0.1) is 0 Å². The summed E-state index contributed by atoms with van der Waals surface area (Å²) in [5.74, 6) is 0. The fraction of sp³-hybridized carbons (Fsp3) is 0.182. The molecule has 4 heteroatoms. The summed E-state index contributed by atoms with van der Waals surface area (Å²) < 4.78 is 10.7. The van der Waals surface area contributed by atoms with E-state index in [1.807, 2.05) is 18.2 Å². The van der Waals surface area contributed by atoms with Crippen LogP contribution in [0.15, 0.2) is 36.5 Å². The van der Waals surface area contributed by atoms with E-state index >= 15 is 0 Å². The molecule has 0 aliphatic carbocycles. The van der Waals surface area contributed by atoms with Gasteiger partial charge in [0.05, 0.1) is 5.32 Å². The molecule has 0 fully saturated rings. The lowest BCUT2D eigenvalue weighted by atomic mass is 10.2. The van der Waals surface area contributed by atoms with Crippen LogP contribution in [0.1, 0.15) is 0 Å². The Kier molecular flexibility index (Phi) is 3.10. The quantitative estimate of drug-likeness (QED) is 0.720. The molecule has 2 aromatic rings. The fourth-order valence-corrected chi connectivity index (χ4v) is 3.01. The second-order valence-corrected chi connectivity index (χ2v) is 5.37. The lowest BCUT2D eigenvalue weighted by Crippen LogP contribution is -2.37. The van der Waals surface area contributed by atoms with Crippen LogP contribution < -0.4 is 5.32 Å². The highest BCUT2D eigenvalue weighted by Gasteiger charge is 2.17. The van der Waals surface area contributed by atoms with Gasteiger partial charge in [-0.1, -0.05) is 24.3 Å². The van der Waals surface area contributed by atoms with Crippen molar-refractivity contribution in [2.75, 3.05) is 14.2 Å². The van der Waals surface area contributed by atoms with Crippen LogP contribution >= 0.6 is 0 Å². The molecule has 0 spiro atoms. The summed E-state index contributed by atoms with van der Waals surface area (Å²) in [7, 11) is 1.53. The van der Waals surface area contributed by atoms with Crippen molar-refractivity contribution in [2.24, 2.45) is 0 Å². The molecule has 0 aliphatic heterocycles. The van der Waals surface area contributed by atoms with Crippen molar-refractivity contribution in [1.29, 1.82) is 0 Å². The number of hydrogen-bond donors (Lipinski definition) is 0. The first-order valence-electron chi connectivity index (χ1n) is 4.76. The van der Waals surface area contributed by atoms with Crippen molar-refractivity contribution in [3.63, 3.8) is 0 Å². The predicted molar refractivity (Wildman–Crippen MR) is 62.5 cm³/mol. The average Bonchev–Trinajstić information content (AvgIpc) is 2.31. The number of hydrogen-bond acceptors (Lipinski definition) is 3. The third-order valence-corrected chi connectivity index (χ3v) is 4.12. The van der Waals surface area contributed by atoms with Crippen LogP contribution in [0.4, 0.5) is 0 Å². The van der Waals surface area contributed by atoms with Crippen molar-refractivity contribution in [2.45, 2.75) is 0 Å². The second-order valence-electron chi connectivity index (χ2n) is 3.22. The Labute approximate surface area is 90.5 Å². The first-order valence-corrected chi connectivity index (χ1v) is 6.28. The van der Waals surface area contributed by atoms with Gasteiger partial charge >= 0.3 is 9.28 Å². The Balaban J connectivity index is 2.59. The molecule has 0 saturated carbocycles. The molecular formula is C11H13NO2Si. The zero-order valence-electron chi connectivity index (χ0n) is 8.81. The maximum atomic E-state index is 5.35. The van der Waals surface area contributed by atoms with E-state index in [9.17, 15) is 0 Å². The number of aromatic nitrogens is 1. The van der Waals surface area contributed by atoms with Gasteiger partial charge < -0.3 is 8.85 Å². The molecule has 0 bridgehead atoms. The van der Waals surface area contributed by atoms with E-state index in [2.05, 4.69) is 17.1 Å². The highest BCUT2D eigenvalue weighted by molar-refractivity contribution is 6.63. The van der Waals surface area contributed by atoms with Gasteiger partial charge in [0.25, 0.3) is 0 Å². The summed E-state index contributed by atoms with van der Waals surface area (Å²) in [6.07, 6.45) is 1.80. The molecule has 0 amide bonds. The summed E-state index contributed by atoms with van der Waals surface area (Å²) in [5.41, 5.74) is 0. The lowest BCUT2D eigenvalue weighted by Gasteiger charge is -2.12. The molecular weight excluding hydrogens is 206 g/mol. The first-order chi connectivity index (χ1) is 7.36. The number of pyridine rings is 1. The Morgan fingerprint density at radius 1 is 1.07 bits per heavy atom. The van der Waals surface area contributed by atoms with Crippen LogP contribution in [0.25, 0.3) is 10.8 Å². The molecule has 0 aliphatic rings. The molecule has 0 saturated heterocycles. The highest BCUT2D eigenvalue weighted by Crippen LogP contribution is 2.10. The van der Waals surface area contributed by atoms with Gasteiger partial charge in [-0.2, -0.15) is 0 Å². The average molecular weight is 219 g/mol. The smallest absolute Gasteiger partial charge is 0.375 e. The van der Waals surface area contributed by atoms with Gasteiger partial charge in [0.15, 0.2) is 0 Å². The van der Waals surface area contributed by atoms with Gasteiger partial charge in [0.1, 0.15) is 0 Å². The molecule has 78 valence electrons. The zero-order valence-corrected chi connectivity index (χ0v) is 9.96. The maximum Gasteiger partial charge on any atom is 0.375 e. The third-order valence-electron chi connectivity index (χ3n) is 2.36. The van der Waals surface area contributed by atoms with Crippen LogP contribution in [-0.4, -0.2) is 28.5 Å². The molecule has 1 heterocycles. The number of rotatable bonds is 3. The number of fused-ring (bicyclic) bond motifs is 1.